The summed E-state index contributed by atoms with van der Waals surface area (Å²) >= 11 is 0. The topological polar surface area (TPSA) is 94.9 Å². The number of hydrogen-bond donors (Lipinski definition) is 2. The number of benzene rings is 1. The molecule has 1 aromatic heterocycles. The number of nitrogen functional groups attached to an aromatic ring is 1. The fraction of sp³-hybridized carbons (Fsp3) is 0.412. The molecule has 25 heavy (non-hydrogen) atoms. The van der Waals surface area contributed by atoms with Gasteiger partial charge in [-0.1, -0.05) is 0 Å². The van der Waals surface area contributed by atoms with Gasteiger partial charge in [-0.25, -0.2) is 9.66 Å². The maximum Gasteiger partial charge on any atom is 0.498 e. The van der Waals surface area contributed by atoms with E-state index in [1.54, 1.807) is 30.6 Å². The summed E-state index contributed by atoms with van der Waals surface area (Å²) in [6, 6.07) is 5.15. The molecule has 1 aliphatic rings. The zero-order valence-electron chi connectivity index (χ0n) is 15.1. The molecule has 2 heterocycles. The second kappa shape index (κ2) is 5.89. The van der Waals surface area contributed by atoms with Crippen LogP contribution < -0.4 is 11.2 Å². The molecule has 7 nitrogen and oxygen atoms in total. The molecule has 0 unspecified atom stereocenters. The van der Waals surface area contributed by atoms with Crippen molar-refractivity contribution < 1.29 is 14.4 Å². The number of nitrogens with zero attached hydrogens (tertiary/aromatic N) is 3. The van der Waals surface area contributed by atoms with Crippen LogP contribution in [0.1, 0.15) is 39.0 Å². The molecule has 1 aliphatic heterocycles. The average molecular weight is 342 g/mol. The average Bonchev–Trinajstić information content (AvgIpc) is 2.93. The van der Waals surface area contributed by atoms with Gasteiger partial charge in [0.1, 0.15) is 5.75 Å². The van der Waals surface area contributed by atoms with E-state index in [9.17, 15) is 5.11 Å². The van der Waals surface area contributed by atoms with Crippen LogP contribution in [-0.4, -0.2) is 39.3 Å². The molecule has 3 rings (SSSR count). The first-order valence-corrected chi connectivity index (χ1v) is 8.13. The minimum Gasteiger partial charge on any atom is -0.508 e. The Balaban J connectivity index is 1.88. The smallest absolute Gasteiger partial charge is 0.498 e. The molecule has 3 N–H and O–H groups in total. The molecule has 0 saturated carbocycles. The molecule has 0 spiro atoms. The summed E-state index contributed by atoms with van der Waals surface area (Å²) in [5.41, 5.74) is 6.97. The van der Waals surface area contributed by atoms with Crippen molar-refractivity contribution in [3.8, 4) is 5.75 Å². The molecule has 8 heteroatoms. The Labute approximate surface area is 147 Å². The molecule has 0 bridgehead atoms. The second-order valence-electron chi connectivity index (χ2n) is 7.24. The zero-order chi connectivity index (χ0) is 18.4. The van der Waals surface area contributed by atoms with Crippen molar-refractivity contribution in [3.63, 3.8) is 0 Å². The Morgan fingerprint density at radius 1 is 1.24 bits per heavy atom. The molecule has 2 aromatic rings. The van der Waals surface area contributed by atoms with E-state index in [1.165, 1.54) is 4.68 Å². The lowest BCUT2D eigenvalue weighted by Gasteiger charge is -2.32. The summed E-state index contributed by atoms with van der Waals surface area (Å²) in [5, 5.41) is 14.5. The van der Waals surface area contributed by atoms with E-state index in [1.807, 2.05) is 34.6 Å². The Morgan fingerprint density at radius 3 is 2.44 bits per heavy atom. The number of hydrogen-bond acceptors (Lipinski definition) is 6. The van der Waals surface area contributed by atoms with E-state index in [0.29, 0.717) is 11.4 Å². The van der Waals surface area contributed by atoms with Crippen molar-refractivity contribution in [1.29, 1.82) is 0 Å². The summed E-state index contributed by atoms with van der Waals surface area (Å²) in [6.45, 7) is 9.73. The van der Waals surface area contributed by atoms with Crippen LogP contribution in [-0.2, 0) is 9.31 Å². The van der Waals surface area contributed by atoms with Gasteiger partial charge in [-0.2, -0.15) is 5.10 Å². The molecule has 0 atom stereocenters. The first-order valence-electron chi connectivity index (χ1n) is 8.13. The van der Waals surface area contributed by atoms with E-state index >= 15 is 0 Å². The van der Waals surface area contributed by atoms with Crippen molar-refractivity contribution >= 4 is 24.7 Å². The number of aromatic nitrogens is 2. The van der Waals surface area contributed by atoms with Crippen LogP contribution in [0, 0.1) is 6.92 Å². The first kappa shape index (κ1) is 17.5. The van der Waals surface area contributed by atoms with Crippen LogP contribution in [0.25, 0.3) is 0 Å². The summed E-state index contributed by atoms with van der Waals surface area (Å²) in [4.78, 5) is 4.10. The van der Waals surface area contributed by atoms with Gasteiger partial charge in [-0.3, -0.25) is 0 Å². The predicted octanol–water partition coefficient (Wildman–Crippen LogP) is 1.66. The molecule has 0 aliphatic carbocycles. The minimum atomic E-state index is -0.640. The quantitative estimate of drug-likeness (QED) is 0.653. The Hall–Kier alpha value is -2.32. The predicted molar refractivity (Wildman–Crippen MR) is 98.2 cm³/mol. The van der Waals surface area contributed by atoms with Crippen LogP contribution in [0.5, 0.6) is 5.75 Å². The zero-order valence-corrected chi connectivity index (χ0v) is 15.1. The highest BCUT2D eigenvalue weighted by Gasteiger charge is 2.52. The van der Waals surface area contributed by atoms with Crippen LogP contribution in [0.4, 0.5) is 5.95 Å². The Bertz CT molecular complexity index is 813. The van der Waals surface area contributed by atoms with Gasteiger partial charge in [0.15, 0.2) is 0 Å². The van der Waals surface area contributed by atoms with Crippen LogP contribution in [0.3, 0.4) is 0 Å². The molecular weight excluding hydrogens is 319 g/mol. The largest absolute Gasteiger partial charge is 0.508 e. The Morgan fingerprint density at radius 2 is 1.88 bits per heavy atom. The lowest BCUT2D eigenvalue weighted by molar-refractivity contribution is 0.00578. The van der Waals surface area contributed by atoms with Gasteiger partial charge in [-0.05, 0) is 58.4 Å². The van der Waals surface area contributed by atoms with Crippen molar-refractivity contribution in [2.24, 2.45) is 5.10 Å². The maximum atomic E-state index is 10.2. The number of aromatic hydroxyl groups is 1. The monoisotopic (exact) mass is 342 g/mol. The number of aryl methyl sites for hydroxylation is 1. The summed E-state index contributed by atoms with van der Waals surface area (Å²) in [7, 11) is -0.640. The van der Waals surface area contributed by atoms with E-state index < -0.39 is 18.3 Å². The van der Waals surface area contributed by atoms with Crippen LogP contribution in [0.2, 0.25) is 0 Å². The van der Waals surface area contributed by atoms with Gasteiger partial charge < -0.3 is 20.1 Å². The number of phenols is 1. The standard InChI is InChI=1S/C17H23BN4O3/c1-11-10-22(15(19)21-11)20-9-12-6-7-14(23)13(8-12)18-24-16(2,3)17(4,5)25-18/h6-10,23H,1-5H3,(H2,19,21). The van der Waals surface area contributed by atoms with E-state index in [0.717, 1.165) is 11.3 Å². The number of imidazole rings is 1. The molecule has 132 valence electrons. The van der Waals surface area contributed by atoms with Crippen LogP contribution >= 0.6 is 0 Å². The first-order chi connectivity index (χ1) is 11.6. The highest BCUT2D eigenvalue weighted by atomic mass is 16.7. The maximum absolute atomic E-state index is 10.2. The van der Waals surface area contributed by atoms with Crippen LogP contribution in [0.15, 0.2) is 29.5 Å². The normalized spacial score (nSPS) is 19.0. The molecule has 1 saturated heterocycles. The SMILES string of the molecule is Cc1cn(N=Cc2ccc(O)c(B3OC(C)(C)C(C)(C)O3)c2)c(N)n1. The van der Waals surface area contributed by atoms with E-state index in [-0.39, 0.29) is 5.75 Å². The minimum absolute atomic E-state index is 0.119. The fourth-order valence-electron chi connectivity index (χ4n) is 2.54. The van der Waals surface area contributed by atoms with Crippen molar-refractivity contribution in [2.45, 2.75) is 45.8 Å². The third kappa shape index (κ3) is 3.27. The third-order valence-electron chi connectivity index (χ3n) is 4.72. The molecule has 1 aromatic carbocycles. The molecule has 1 fully saturated rings. The Kier molecular flexibility index (Phi) is 4.13. The molecular formula is C17H23BN4O3. The van der Waals surface area contributed by atoms with E-state index in [4.69, 9.17) is 15.0 Å². The van der Waals surface area contributed by atoms with Gasteiger partial charge in [0, 0.05) is 5.46 Å². The van der Waals surface area contributed by atoms with Gasteiger partial charge in [0.2, 0.25) is 5.95 Å². The number of nitrogens with two attached hydrogens (primary N) is 1. The number of phenolic OH excluding ortho intramolecular Hbond substituents is 1. The second-order valence-corrected chi connectivity index (χ2v) is 7.24. The van der Waals surface area contributed by atoms with Crippen molar-refractivity contribution in [1.82, 2.24) is 9.66 Å². The van der Waals surface area contributed by atoms with Crippen molar-refractivity contribution in [3.05, 3.63) is 35.7 Å². The summed E-state index contributed by atoms with van der Waals surface area (Å²) in [6.07, 6.45) is 3.38. The van der Waals surface area contributed by atoms with Gasteiger partial charge in [0.25, 0.3) is 0 Å². The highest BCUT2D eigenvalue weighted by molar-refractivity contribution is 6.63. The highest BCUT2D eigenvalue weighted by Crippen LogP contribution is 2.37. The fourth-order valence-corrected chi connectivity index (χ4v) is 2.54. The molecule has 0 amide bonds. The lowest BCUT2D eigenvalue weighted by atomic mass is 9.77. The van der Waals surface area contributed by atoms with Gasteiger partial charge >= 0.3 is 7.12 Å². The van der Waals surface area contributed by atoms with E-state index in [2.05, 4.69) is 10.1 Å². The third-order valence-corrected chi connectivity index (χ3v) is 4.72. The molecule has 0 radical (unpaired) electrons. The summed E-state index contributed by atoms with van der Waals surface area (Å²) < 4.78 is 13.5. The van der Waals surface area contributed by atoms with Crippen molar-refractivity contribution in [2.75, 3.05) is 5.73 Å². The number of rotatable bonds is 3. The van der Waals surface area contributed by atoms with Gasteiger partial charge in [0.05, 0.1) is 29.3 Å². The van der Waals surface area contributed by atoms with Gasteiger partial charge in [-0.15, -0.1) is 0 Å². The lowest BCUT2D eigenvalue weighted by Crippen LogP contribution is -2.41. The number of anilines is 1. The summed E-state index contributed by atoms with van der Waals surface area (Å²) in [5.74, 6) is 0.437.